The molecule has 5 rings (SSSR count). The van der Waals surface area contributed by atoms with Crippen LogP contribution in [0.2, 0.25) is 0 Å². The monoisotopic (exact) mass is 412 g/mol. The fourth-order valence-corrected chi connectivity index (χ4v) is 4.16. The molecule has 9 heteroatoms. The van der Waals surface area contributed by atoms with Gasteiger partial charge in [0.2, 0.25) is 0 Å². The molecule has 0 bridgehead atoms. The summed E-state index contributed by atoms with van der Waals surface area (Å²) in [5.41, 5.74) is 6.45. The van der Waals surface area contributed by atoms with Crippen molar-refractivity contribution in [2.45, 2.75) is 50.4 Å². The first-order valence-electron chi connectivity index (χ1n) is 10.1. The highest BCUT2D eigenvalue weighted by molar-refractivity contribution is 5.87. The van der Waals surface area contributed by atoms with Gasteiger partial charge in [-0.15, -0.1) is 0 Å². The molecule has 30 heavy (non-hydrogen) atoms. The molecule has 2 aliphatic rings. The summed E-state index contributed by atoms with van der Waals surface area (Å²) in [6, 6.07) is 7.57. The Morgan fingerprint density at radius 1 is 1.20 bits per heavy atom. The van der Waals surface area contributed by atoms with Crippen LogP contribution in [-0.4, -0.2) is 54.8 Å². The van der Waals surface area contributed by atoms with Gasteiger partial charge in [0.1, 0.15) is 36.4 Å². The van der Waals surface area contributed by atoms with Gasteiger partial charge in [-0.3, -0.25) is 4.84 Å². The summed E-state index contributed by atoms with van der Waals surface area (Å²) in [6.45, 7) is 2.32. The number of aliphatic hydroxyl groups is 3. The highest BCUT2D eigenvalue weighted by Gasteiger charge is 2.47. The van der Waals surface area contributed by atoms with Gasteiger partial charge >= 0.3 is 0 Å². The molecule has 3 heterocycles. The number of fused-ring (bicyclic) bond motifs is 2. The SMILES string of the molecule is CCONc1ncnc2c1ccn2[C@@H]1O[C@H](C(O)c2ccc3c(c2)CC3)[C@@H](O)[C@H]1O. The standard InChI is InChI=1S/C21H24N4O5/c1-2-29-24-19-14-7-8-25(20(14)23-10-22-19)21-17(28)16(27)18(30-21)15(26)13-6-4-11-3-5-12(11)9-13/h4,6-10,15-18,21,26-28H,2-3,5H2,1H3,(H,22,23,24)/t15?,16-,17+,18+,21+/m0/s1. The van der Waals surface area contributed by atoms with Crippen molar-refractivity contribution in [2.24, 2.45) is 0 Å². The van der Waals surface area contributed by atoms with Gasteiger partial charge in [0.25, 0.3) is 0 Å². The molecule has 1 aliphatic heterocycles. The minimum absolute atomic E-state index is 0.463. The summed E-state index contributed by atoms with van der Waals surface area (Å²) in [4.78, 5) is 13.7. The van der Waals surface area contributed by atoms with E-state index in [0.29, 0.717) is 29.0 Å². The molecule has 4 N–H and O–H groups in total. The van der Waals surface area contributed by atoms with Crippen LogP contribution < -0.4 is 5.48 Å². The molecule has 3 aromatic rings. The van der Waals surface area contributed by atoms with E-state index < -0.39 is 30.6 Å². The van der Waals surface area contributed by atoms with Crippen LogP contribution >= 0.6 is 0 Å². The van der Waals surface area contributed by atoms with E-state index in [-0.39, 0.29) is 0 Å². The summed E-state index contributed by atoms with van der Waals surface area (Å²) < 4.78 is 7.60. The number of hydrogen-bond donors (Lipinski definition) is 4. The van der Waals surface area contributed by atoms with Gasteiger partial charge < -0.3 is 24.6 Å². The van der Waals surface area contributed by atoms with Crippen LogP contribution in [0.4, 0.5) is 5.82 Å². The Bertz CT molecular complexity index is 1070. The van der Waals surface area contributed by atoms with Crippen molar-refractivity contribution < 1.29 is 24.9 Å². The summed E-state index contributed by atoms with van der Waals surface area (Å²) in [5.74, 6) is 0.493. The van der Waals surface area contributed by atoms with Crippen LogP contribution in [0.5, 0.6) is 0 Å². The van der Waals surface area contributed by atoms with E-state index in [1.165, 1.54) is 17.5 Å². The Morgan fingerprint density at radius 2 is 2.03 bits per heavy atom. The van der Waals surface area contributed by atoms with Crippen LogP contribution in [0.3, 0.4) is 0 Å². The van der Waals surface area contributed by atoms with E-state index in [1.54, 1.807) is 16.8 Å². The molecule has 1 saturated heterocycles. The third-order valence-corrected chi connectivity index (χ3v) is 5.92. The van der Waals surface area contributed by atoms with Gasteiger partial charge in [0, 0.05) is 6.20 Å². The van der Waals surface area contributed by atoms with Gasteiger partial charge in [-0.2, -0.15) is 0 Å². The molecule has 9 nitrogen and oxygen atoms in total. The summed E-state index contributed by atoms with van der Waals surface area (Å²) in [5, 5.41) is 32.9. The molecule has 1 aromatic carbocycles. The molecule has 1 fully saturated rings. The molecular weight excluding hydrogens is 388 g/mol. The molecule has 0 saturated carbocycles. The smallest absolute Gasteiger partial charge is 0.164 e. The number of aliphatic hydroxyl groups excluding tert-OH is 3. The summed E-state index contributed by atoms with van der Waals surface area (Å²) in [6.07, 6.45) is -0.288. The lowest BCUT2D eigenvalue weighted by Gasteiger charge is -2.25. The molecule has 0 amide bonds. The van der Waals surface area contributed by atoms with Gasteiger partial charge in [-0.25, -0.2) is 15.4 Å². The first kappa shape index (κ1) is 19.4. The fourth-order valence-electron chi connectivity index (χ4n) is 4.16. The molecule has 0 spiro atoms. The van der Waals surface area contributed by atoms with Crippen molar-refractivity contribution in [3.05, 3.63) is 53.5 Å². The van der Waals surface area contributed by atoms with E-state index in [9.17, 15) is 15.3 Å². The first-order chi connectivity index (χ1) is 14.6. The molecular formula is C21H24N4O5. The number of rotatable bonds is 6. The zero-order valence-electron chi connectivity index (χ0n) is 16.5. The van der Waals surface area contributed by atoms with Crippen molar-refractivity contribution >= 4 is 16.9 Å². The molecule has 1 aliphatic carbocycles. The van der Waals surface area contributed by atoms with Crippen LogP contribution in [-0.2, 0) is 22.4 Å². The summed E-state index contributed by atoms with van der Waals surface area (Å²) >= 11 is 0. The Morgan fingerprint density at radius 3 is 2.77 bits per heavy atom. The topological polar surface area (TPSA) is 122 Å². The molecule has 158 valence electrons. The number of benzene rings is 1. The van der Waals surface area contributed by atoms with Crippen molar-refractivity contribution in [1.82, 2.24) is 14.5 Å². The predicted octanol–water partition coefficient (Wildman–Crippen LogP) is 1.25. The van der Waals surface area contributed by atoms with Crippen LogP contribution in [0.15, 0.2) is 36.8 Å². The molecule has 0 radical (unpaired) electrons. The second-order valence-electron chi connectivity index (χ2n) is 7.66. The number of ether oxygens (including phenoxy) is 1. The molecule has 1 unspecified atom stereocenters. The van der Waals surface area contributed by atoms with E-state index in [1.807, 2.05) is 25.1 Å². The van der Waals surface area contributed by atoms with Crippen molar-refractivity contribution in [3.63, 3.8) is 0 Å². The van der Waals surface area contributed by atoms with Gasteiger partial charge in [0.15, 0.2) is 12.0 Å². The largest absolute Gasteiger partial charge is 0.387 e. The lowest BCUT2D eigenvalue weighted by atomic mass is 9.85. The minimum atomic E-state index is -1.25. The Labute approximate surface area is 172 Å². The highest BCUT2D eigenvalue weighted by atomic mass is 16.6. The zero-order valence-corrected chi connectivity index (χ0v) is 16.5. The van der Waals surface area contributed by atoms with Crippen LogP contribution in [0.1, 0.15) is 35.9 Å². The zero-order chi connectivity index (χ0) is 20.8. The normalized spacial score (nSPS) is 26.4. The summed E-state index contributed by atoms with van der Waals surface area (Å²) in [7, 11) is 0. The van der Waals surface area contributed by atoms with E-state index >= 15 is 0 Å². The number of aryl methyl sites for hydroxylation is 2. The minimum Gasteiger partial charge on any atom is -0.387 e. The van der Waals surface area contributed by atoms with E-state index in [0.717, 1.165) is 12.8 Å². The number of aromatic nitrogens is 3. The Balaban J connectivity index is 1.42. The van der Waals surface area contributed by atoms with Gasteiger partial charge in [-0.05, 0) is 42.5 Å². The average Bonchev–Trinajstić information content (AvgIpc) is 3.29. The maximum atomic E-state index is 10.9. The maximum absolute atomic E-state index is 10.9. The van der Waals surface area contributed by atoms with Crippen LogP contribution in [0.25, 0.3) is 11.0 Å². The molecule has 5 atom stereocenters. The second kappa shape index (κ2) is 7.60. The number of nitrogens with zero attached hydrogens (tertiary/aromatic N) is 3. The second-order valence-corrected chi connectivity index (χ2v) is 7.66. The lowest BCUT2D eigenvalue weighted by Crippen LogP contribution is -2.35. The van der Waals surface area contributed by atoms with E-state index in [4.69, 9.17) is 9.57 Å². The average molecular weight is 412 g/mol. The Kier molecular flexibility index (Phi) is 4.92. The Hall–Kier alpha value is -2.56. The lowest BCUT2D eigenvalue weighted by molar-refractivity contribution is -0.0848. The predicted molar refractivity (Wildman–Crippen MR) is 108 cm³/mol. The van der Waals surface area contributed by atoms with Gasteiger partial charge in [0.05, 0.1) is 12.0 Å². The quantitative estimate of drug-likeness (QED) is 0.446. The number of hydrogen-bond acceptors (Lipinski definition) is 8. The third kappa shape index (κ3) is 3.06. The fraction of sp³-hybridized carbons (Fsp3) is 0.429. The van der Waals surface area contributed by atoms with Crippen molar-refractivity contribution in [2.75, 3.05) is 12.1 Å². The first-order valence-corrected chi connectivity index (χ1v) is 10.1. The molecule has 2 aromatic heterocycles. The highest BCUT2D eigenvalue weighted by Crippen LogP contribution is 2.38. The maximum Gasteiger partial charge on any atom is 0.164 e. The number of anilines is 1. The van der Waals surface area contributed by atoms with Crippen LogP contribution in [0, 0.1) is 0 Å². The third-order valence-electron chi connectivity index (χ3n) is 5.92. The van der Waals surface area contributed by atoms with Crippen molar-refractivity contribution in [3.8, 4) is 0 Å². The van der Waals surface area contributed by atoms with E-state index in [2.05, 4.69) is 15.4 Å². The van der Waals surface area contributed by atoms with Crippen molar-refractivity contribution in [1.29, 1.82) is 0 Å². The van der Waals surface area contributed by atoms with Gasteiger partial charge in [-0.1, -0.05) is 18.2 Å². The number of nitrogens with one attached hydrogen (secondary N) is 1.